The smallest absolute Gasteiger partial charge is 0.250 e. The maximum atomic E-state index is 12.3. The van der Waals surface area contributed by atoms with Crippen LogP contribution < -0.4 is 15.5 Å². The maximum absolute atomic E-state index is 12.3. The van der Waals surface area contributed by atoms with Crippen LogP contribution in [0.15, 0.2) is 75.5 Å². The number of anilines is 1. The van der Waals surface area contributed by atoms with E-state index in [9.17, 15) is 4.79 Å². The number of carbonyl (C=O) groups excluding carboxylic acids is 1. The fraction of sp³-hybridized carbons (Fsp3) is 0.130. The molecular formula is C23H20Cl2N6O3S. The van der Waals surface area contributed by atoms with Gasteiger partial charge in [-0.15, -0.1) is 10.2 Å². The number of thioether (sulfide) groups is 1. The van der Waals surface area contributed by atoms with Crippen molar-refractivity contribution in [3.8, 4) is 11.4 Å². The molecule has 0 aliphatic carbocycles. The van der Waals surface area contributed by atoms with E-state index in [1.807, 2.05) is 24.3 Å². The van der Waals surface area contributed by atoms with E-state index in [2.05, 4.69) is 26.0 Å². The first-order valence-electron chi connectivity index (χ1n) is 10.3. The fourth-order valence-corrected chi connectivity index (χ4v) is 4.32. The molecule has 2 aromatic carbocycles. The molecule has 0 bridgehead atoms. The number of aromatic nitrogens is 3. The third-order valence-electron chi connectivity index (χ3n) is 4.65. The van der Waals surface area contributed by atoms with Crippen LogP contribution in [-0.4, -0.2) is 39.7 Å². The lowest BCUT2D eigenvalue weighted by atomic mass is 10.3. The van der Waals surface area contributed by atoms with E-state index < -0.39 is 0 Å². The van der Waals surface area contributed by atoms with Gasteiger partial charge in [0.2, 0.25) is 0 Å². The van der Waals surface area contributed by atoms with Crippen LogP contribution >= 0.6 is 35.0 Å². The predicted octanol–water partition coefficient (Wildman–Crippen LogP) is 5.03. The molecule has 0 fully saturated rings. The number of ether oxygens (including phenoxy) is 1. The number of halogens is 2. The van der Waals surface area contributed by atoms with E-state index in [1.165, 1.54) is 24.2 Å². The lowest BCUT2D eigenvalue weighted by molar-refractivity contribution is -0.118. The lowest BCUT2D eigenvalue weighted by Gasteiger charge is -2.14. The molecule has 9 nitrogen and oxygen atoms in total. The van der Waals surface area contributed by atoms with E-state index in [-0.39, 0.29) is 11.7 Å². The summed E-state index contributed by atoms with van der Waals surface area (Å²) in [4.78, 5) is 12.3. The molecule has 0 spiro atoms. The second kappa shape index (κ2) is 11.8. The third kappa shape index (κ3) is 6.36. The molecule has 2 heterocycles. The summed E-state index contributed by atoms with van der Waals surface area (Å²) in [6, 6.07) is 16.1. The predicted molar refractivity (Wildman–Crippen MR) is 137 cm³/mol. The average Bonchev–Trinajstić information content (AvgIpc) is 3.52. The summed E-state index contributed by atoms with van der Waals surface area (Å²) < 4.78 is 12.3. The minimum atomic E-state index is -0.316. The Morgan fingerprint density at radius 2 is 2.06 bits per heavy atom. The van der Waals surface area contributed by atoms with Crippen LogP contribution in [-0.2, 0) is 11.3 Å². The van der Waals surface area contributed by atoms with Crippen molar-refractivity contribution >= 4 is 52.8 Å². The number of carbonyl (C=O) groups is 1. The van der Waals surface area contributed by atoms with Gasteiger partial charge in [0.1, 0.15) is 11.5 Å². The molecule has 180 valence electrons. The molecule has 2 aromatic heterocycles. The minimum Gasteiger partial charge on any atom is -0.495 e. The topological polar surface area (TPSA) is 107 Å². The number of nitrogens with one attached hydrogen (secondary N) is 2. The minimum absolute atomic E-state index is 0.0543. The number of methoxy groups -OCH3 is 1. The summed E-state index contributed by atoms with van der Waals surface area (Å²) in [5.74, 6) is 1.55. The van der Waals surface area contributed by atoms with Crippen LogP contribution in [0.5, 0.6) is 5.75 Å². The first-order chi connectivity index (χ1) is 17.0. The quantitative estimate of drug-likeness (QED) is 0.168. The van der Waals surface area contributed by atoms with Gasteiger partial charge in [-0.1, -0.05) is 47.1 Å². The molecule has 4 aromatic rings. The molecule has 35 heavy (non-hydrogen) atoms. The number of hydrazone groups is 1. The van der Waals surface area contributed by atoms with Gasteiger partial charge in [-0.3, -0.25) is 9.36 Å². The summed E-state index contributed by atoms with van der Waals surface area (Å²) in [6.07, 6.45) is 2.94. The molecule has 0 saturated heterocycles. The molecule has 4 rings (SSSR count). The van der Waals surface area contributed by atoms with Gasteiger partial charge in [0.25, 0.3) is 5.91 Å². The highest BCUT2D eigenvalue weighted by molar-refractivity contribution is 7.99. The van der Waals surface area contributed by atoms with Crippen molar-refractivity contribution < 1.29 is 13.9 Å². The summed E-state index contributed by atoms with van der Waals surface area (Å²) in [7, 11) is 1.61. The zero-order valence-electron chi connectivity index (χ0n) is 18.4. The van der Waals surface area contributed by atoms with Gasteiger partial charge >= 0.3 is 0 Å². The average molecular weight is 531 g/mol. The van der Waals surface area contributed by atoms with Crippen LogP contribution in [0.2, 0.25) is 10.0 Å². The van der Waals surface area contributed by atoms with E-state index >= 15 is 0 Å². The van der Waals surface area contributed by atoms with Crippen molar-refractivity contribution in [3.05, 3.63) is 82.5 Å². The molecule has 0 saturated carbocycles. The summed E-state index contributed by atoms with van der Waals surface area (Å²) in [6.45, 7) is 0.326. The standard InChI is InChI=1S/C23H20Cl2N6O3S/c1-33-20-7-3-2-6-18(20)26-13-21-28-30-23(31(21)19-9-8-15(24)11-17(19)25)35-14-22(32)29-27-12-16-5-4-10-34-16/h2-12,26H,13-14H2,1H3,(H,29,32)/b27-12-. The van der Waals surface area contributed by atoms with Crippen molar-refractivity contribution in [2.75, 3.05) is 18.2 Å². The Balaban J connectivity index is 1.52. The number of hydrogen-bond donors (Lipinski definition) is 2. The Labute approximate surface area is 215 Å². The Hall–Kier alpha value is -3.47. The summed E-state index contributed by atoms with van der Waals surface area (Å²) in [5.41, 5.74) is 3.89. The summed E-state index contributed by atoms with van der Waals surface area (Å²) >= 11 is 13.8. The van der Waals surface area contributed by atoms with E-state index in [0.717, 1.165) is 5.69 Å². The molecule has 0 radical (unpaired) electrons. The number of amides is 1. The van der Waals surface area contributed by atoms with Crippen LogP contribution in [0.4, 0.5) is 5.69 Å². The number of furan rings is 1. The van der Waals surface area contributed by atoms with E-state index in [1.54, 1.807) is 42.0 Å². The largest absolute Gasteiger partial charge is 0.495 e. The molecule has 0 unspecified atom stereocenters. The van der Waals surface area contributed by atoms with Crippen LogP contribution in [0.25, 0.3) is 5.69 Å². The van der Waals surface area contributed by atoms with Crippen molar-refractivity contribution in [2.45, 2.75) is 11.7 Å². The Morgan fingerprint density at radius 1 is 1.20 bits per heavy atom. The van der Waals surface area contributed by atoms with Gasteiger partial charge in [-0.2, -0.15) is 5.10 Å². The molecule has 0 aliphatic rings. The van der Waals surface area contributed by atoms with Crippen LogP contribution in [0.3, 0.4) is 0 Å². The Bertz CT molecular complexity index is 1330. The number of hydrogen-bond acceptors (Lipinski definition) is 8. The molecule has 1 amide bonds. The van der Waals surface area contributed by atoms with Gasteiger partial charge < -0.3 is 14.5 Å². The second-order valence-corrected chi connectivity index (χ2v) is 8.77. The normalized spacial score (nSPS) is 11.1. The first-order valence-corrected chi connectivity index (χ1v) is 12.0. The van der Waals surface area contributed by atoms with Crippen molar-refractivity contribution in [1.82, 2.24) is 20.2 Å². The van der Waals surface area contributed by atoms with E-state index in [0.29, 0.717) is 44.8 Å². The number of para-hydroxylation sites is 2. The van der Waals surface area contributed by atoms with Crippen molar-refractivity contribution in [1.29, 1.82) is 0 Å². The van der Waals surface area contributed by atoms with Gasteiger partial charge in [-0.25, -0.2) is 5.43 Å². The first kappa shape index (κ1) is 24.6. The number of rotatable bonds is 10. The summed E-state index contributed by atoms with van der Waals surface area (Å²) in [5, 5.41) is 17.2. The number of nitrogens with zero attached hydrogens (tertiary/aromatic N) is 4. The highest BCUT2D eigenvalue weighted by atomic mass is 35.5. The fourth-order valence-electron chi connectivity index (χ4n) is 3.07. The van der Waals surface area contributed by atoms with Gasteiger partial charge in [-0.05, 0) is 42.5 Å². The monoisotopic (exact) mass is 530 g/mol. The molecular weight excluding hydrogens is 511 g/mol. The van der Waals surface area contributed by atoms with Crippen molar-refractivity contribution in [3.63, 3.8) is 0 Å². The Kier molecular flexibility index (Phi) is 8.30. The van der Waals surface area contributed by atoms with Crippen LogP contribution in [0, 0.1) is 0 Å². The Morgan fingerprint density at radius 3 is 2.83 bits per heavy atom. The zero-order valence-corrected chi connectivity index (χ0v) is 20.8. The molecule has 0 aliphatic heterocycles. The van der Waals surface area contributed by atoms with E-state index in [4.69, 9.17) is 32.4 Å². The highest BCUT2D eigenvalue weighted by Gasteiger charge is 2.18. The molecule has 2 N–H and O–H groups in total. The van der Waals surface area contributed by atoms with Crippen LogP contribution in [0.1, 0.15) is 11.6 Å². The second-order valence-electron chi connectivity index (χ2n) is 6.98. The SMILES string of the molecule is COc1ccccc1NCc1nnc(SCC(=O)N/N=C\c2ccco2)n1-c1ccc(Cl)cc1Cl. The number of benzene rings is 2. The molecule has 12 heteroatoms. The zero-order chi connectivity index (χ0) is 24.6. The lowest BCUT2D eigenvalue weighted by Crippen LogP contribution is -2.20. The molecule has 0 atom stereocenters. The van der Waals surface area contributed by atoms with Gasteiger partial charge in [0.05, 0.1) is 48.3 Å². The third-order valence-corrected chi connectivity index (χ3v) is 6.12. The van der Waals surface area contributed by atoms with Gasteiger partial charge in [0.15, 0.2) is 11.0 Å². The maximum Gasteiger partial charge on any atom is 0.250 e. The highest BCUT2D eigenvalue weighted by Crippen LogP contribution is 2.30. The van der Waals surface area contributed by atoms with Gasteiger partial charge in [0, 0.05) is 5.02 Å². The van der Waals surface area contributed by atoms with Crippen molar-refractivity contribution in [2.24, 2.45) is 5.10 Å².